The van der Waals surface area contributed by atoms with Crippen molar-refractivity contribution in [2.24, 2.45) is 0 Å². The van der Waals surface area contributed by atoms with Gasteiger partial charge in [-0.15, -0.1) is 0 Å². The summed E-state index contributed by atoms with van der Waals surface area (Å²) < 4.78 is 4.57. The molecule has 0 saturated heterocycles. The Labute approximate surface area is 102 Å². The maximum atomic E-state index is 10.8. The van der Waals surface area contributed by atoms with Crippen molar-refractivity contribution in [1.82, 2.24) is 15.6 Å². The highest BCUT2D eigenvalue weighted by Gasteiger charge is 2.19. The van der Waals surface area contributed by atoms with Gasteiger partial charge in [0.25, 0.3) is 0 Å². The molecule has 0 aliphatic rings. The van der Waals surface area contributed by atoms with E-state index in [1.54, 1.807) is 6.07 Å². The molecule has 2 rings (SSSR count). The molecule has 8 nitrogen and oxygen atoms in total. The van der Waals surface area contributed by atoms with Crippen LogP contribution in [-0.4, -0.2) is 35.4 Å². The van der Waals surface area contributed by atoms with E-state index in [1.165, 1.54) is 6.07 Å². The monoisotopic (exact) mass is 251 g/mol. The number of non-ortho nitro benzene ring substituents is 1. The smallest absolute Gasteiger partial charge is 0.300 e. The first-order valence-corrected chi connectivity index (χ1v) is 5.52. The number of fused-ring (bicyclic) bond motifs is 1. The number of benzene rings is 1. The number of anilines is 1. The van der Waals surface area contributed by atoms with Gasteiger partial charge in [-0.1, -0.05) is 0 Å². The first-order chi connectivity index (χ1) is 8.74. The highest BCUT2D eigenvalue weighted by molar-refractivity contribution is 5.93. The molecule has 0 aliphatic heterocycles. The second-order valence-electron chi connectivity index (χ2n) is 3.73. The Kier molecular flexibility index (Phi) is 3.68. The fourth-order valence-corrected chi connectivity index (χ4v) is 1.63. The summed E-state index contributed by atoms with van der Waals surface area (Å²) in [6.07, 6.45) is 0.931. The molecule has 0 unspecified atom stereocenters. The molecule has 8 heteroatoms. The number of nitro groups is 1. The van der Waals surface area contributed by atoms with Gasteiger partial charge in [-0.3, -0.25) is 10.1 Å². The Balaban J connectivity index is 2.22. The Morgan fingerprint density at radius 2 is 2.11 bits per heavy atom. The molecule has 0 atom stereocenters. The van der Waals surface area contributed by atoms with E-state index < -0.39 is 4.92 Å². The number of nitro benzene ring substituents is 1. The summed E-state index contributed by atoms with van der Waals surface area (Å²) in [6.45, 7) is 1.63. The standard InChI is InChI=1S/C10H13N5O3/c1-11-5-2-6-12-7-3-4-8(15(16)17)10-9(7)13-18-14-10/h3-4,11-12H,2,5-6H2,1H3. The third-order valence-corrected chi connectivity index (χ3v) is 2.51. The molecule has 1 aromatic carbocycles. The van der Waals surface area contributed by atoms with Gasteiger partial charge in [0, 0.05) is 12.6 Å². The first-order valence-electron chi connectivity index (χ1n) is 5.52. The largest absolute Gasteiger partial charge is 0.383 e. The molecule has 0 saturated carbocycles. The molecule has 2 N–H and O–H groups in total. The molecule has 1 aromatic heterocycles. The lowest BCUT2D eigenvalue weighted by atomic mass is 10.2. The van der Waals surface area contributed by atoms with Gasteiger partial charge in [0.05, 0.1) is 10.6 Å². The summed E-state index contributed by atoms with van der Waals surface area (Å²) in [6, 6.07) is 3.01. The van der Waals surface area contributed by atoms with Crippen molar-refractivity contribution in [3.8, 4) is 0 Å². The number of nitrogens with one attached hydrogen (secondary N) is 2. The summed E-state index contributed by atoms with van der Waals surface area (Å²) in [5.74, 6) is 0. The molecule has 2 aromatic rings. The quantitative estimate of drug-likeness (QED) is 0.450. The zero-order valence-corrected chi connectivity index (χ0v) is 9.84. The number of hydrogen-bond donors (Lipinski definition) is 2. The van der Waals surface area contributed by atoms with E-state index in [0.29, 0.717) is 11.2 Å². The Morgan fingerprint density at radius 1 is 1.33 bits per heavy atom. The van der Waals surface area contributed by atoms with Gasteiger partial charge in [-0.05, 0) is 36.4 Å². The molecule has 96 valence electrons. The number of nitrogens with zero attached hydrogens (tertiary/aromatic N) is 3. The summed E-state index contributed by atoms with van der Waals surface area (Å²) in [7, 11) is 1.88. The van der Waals surface area contributed by atoms with E-state index in [-0.39, 0.29) is 11.2 Å². The van der Waals surface area contributed by atoms with E-state index in [9.17, 15) is 10.1 Å². The minimum atomic E-state index is -0.503. The highest BCUT2D eigenvalue weighted by atomic mass is 16.6. The van der Waals surface area contributed by atoms with Crippen molar-refractivity contribution >= 4 is 22.4 Å². The van der Waals surface area contributed by atoms with Gasteiger partial charge in [0.1, 0.15) is 0 Å². The van der Waals surface area contributed by atoms with E-state index >= 15 is 0 Å². The average molecular weight is 251 g/mol. The van der Waals surface area contributed by atoms with Crippen LogP contribution in [-0.2, 0) is 0 Å². The van der Waals surface area contributed by atoms with Crippen molar-refractivity contribution < 1.29 is 9.55 Å². The van der Waals surface area contributed by atoms with Crippen LogP contribution in [0.3, 0.4) is 0 Å². The predicted octanol–water partition coefficient (Wildman–Crippen LogP) is 1.15. The van der Waals surface area contributed by atoms with Crippen molar-refractivity contribution in [2.75, 3.05) is 25.5 Å². The number of aromatic nitrogens is 2. The minimum Gasteiger partial charge on any atom is -0.383 e. The van der Waals surface area contributed by atoms with Crippen molar-refractivity contribution in [2.45, 2.75) is 6.42 Å². The van der Waals surface area contributed by atoms with Gasteiger partial charge in [0.2, 0.25) is 5.52 Å². The zero-order chi connectivity index (χ0) is 13.0. The van der Waals surface area contributed by atoms with E-state index in [1.807, 2.05) is 7.05 Å². The van der Waals surface area contributed by atoms with Crippen LogP contribution >= 0.6 is 0 Å². The summed E-state index contributed by atoms with van der Waals surface area (Å²) in [5.41, 5.74) is 1.13. The second kappa shape index (κ2) is 5.41. The van der Waals surface area contributed by atoms with Crippen LogP contribution in [0.4, 0.5) is 11.4 Å². The normalized spacial score (nSPS) is 10.7. The summed E-state index contributed by atoms with van der Waals surface area (Å²) in [5, 5.41) is 24.2. The third-order valence-electron chi connectivity index (χ3n) is 2.51. The molecule has 0 fully saturated rings. The third kappa shape index (κ3) is 2.38. The molecular weight excluding hydrogens is 238 g/mol. The zero-order valence-electron chi connectivity index (χ0n) is 9.84. The van der Waals surface area contributed by atoms with Crippen LogP contribution in [0.15, 0.2) is 16.8 Å². The number of hydrogen-bond acceptors (Lipinski definition) is 7. The molecule has 1 heterocycles. The van der Waals surface area contributed by atoms with Gasteiger partial charge in [0.15, 0.2) is 5.52 Å². The highest BCUT2D eigenvalue weighted by Crippen LogP contribution is 2.28. The second-order valence-corrected chi connectivity index (χ2v) is 3.73. The van der Waals surface area contributed by atoms with Crippen LogP contribution in [0.25, 0.3) is 11.0 Å². The lowest BCUT2D eigenvalue weighted by Gasteiger charge is -2.05. The SMILES string of the molecule is CNCCCNc1ccc([N+](=O)[O-])c2nonc12. The lowest BCUT2D eigenvalue weighted by molar-refractivity contribution is -0.383. The topological polar surface area (TPSA) is 106 Å². The van der Waals surface area contributed by atoms with Crippen molar-refractivity contribution in [3.05, 3.63) is 22.2 Å². The van der Waals surface area contributed by atoms with Crippen molar-refractivity contribution in [1.29, 1.82) is 0 Å². The molecular formula is C10H13N5O3. The van der Waals surface area contributed by atoms with E-state index in [4.69, 9.17) is 0 Å². The molecule has 0 amide bonds. The molecule has 0 spiro atoms. The van der Waals surface area contributed by atoms with Gasteiger partial charge >= 0.3 is 5.69 Å². The van der Waals surface area contributed by atoms with E-state index in [2.05, 4.69) is 25.6 Å². The van der Waals surface area contributed by atoms with Crippen molar-refractivity contribution in [3.63, 3.8) is 0 Å². The van der Waals surface area contributed by atoms with Crippen LogP contribution in [0.5, 0.6) is 0 Å². The Hall–Kier alpha value is -2.22. The Bertz CT molecular complexity index is 553. The average Bonchev–Trinajstić information content (AvgIpc) is 2.83. The molecule has 18 heavy (non-hydrogen) atoms. The summed E-state index contributed by atoms with van der Waals surface area (Å²) >= 11 is 0. The lowest BCUT2D eigenvalue weighted by Crippen LogP contribution is -2.13. The van der Waals surface area contributed by atoms with Gasteiger partial charge < -0.3 is 10.6 Å². The van der Waals surface area contributed by atoms with Crippen LogP contribution in [0.2, 0.25) is 0 Å². The predicted molar refractivity (Wildman–Crippen MR) is 65.5 cm³/mol. The van der Waals surface area contributed by atoms with Gasteiger partial charge in [-0.25, -0.2) is 4.63 Å². The van der Waals surface area contributed by atoms with Crippen LogP contribution in [0, 0.1) is 10.1 Å². The van der Waals surface area contributed by atoms with Crippen LogP contribution < -0.4 is 10.6 Å². The minimum absolute atomic E-state index is 0.105. The first kappa shape index (κ1) is 12.2. The summed E-state index contributed by atoms with van der Waals surface area (Å²) in [4.78, 5) is 10.3. The molecule has 0 aliphatic carbocycles. The van der Waals surface area contributed by atoms with Crippen LogP contribution in [0.1, 0.15) is 6.42 Å². The van der Waals surface area contributed by atoms with Gasteiger partial charge in [-0.2, -0.15) is 0 Å². The fourth-order valence-electron chi connectivity index (χ4n) is 1.63. The molecule has 0 radical (unpaired) electrons. The molecule has 0 bridgehead atoms. The Morgan fingerprint density at radius 3 is 2.83 bits per heavy atom. The van der Waals surface area contributed by atoms with E-state index in [0.717, 1.165) is 19.5 Å². The number of rotatable bonds is 6. The maximum absolute atomic E-state index is 10.8. The fraction of sp³-hybridized carbons (Fsp3) is 0.400. The maximum Gasteiger partial charge on any atom is 0.300 e.